The third kappa shape index (κ3) is 2.93. The predicted octanol–water partition coefficient (Wildman–Crippen LogP) is -0.218. The van der Waals surface area contributed by atoms with E-state index in [1.807, 2.05) is 7.05 Å². The molecule has 0 amide bonds. The molecule has 0 aromatic rings. The largest absolute Gasteiger partial charge is 0.370 e. The molecule has 5 N–H and O–H groups in total. The highest BCUT2D eigenvalue weighted by Crippen LogP contribution is 2.37. The van der Waals surface area contributed by atoms with Crippen molar-refractivity contribution in [1.29, 1.82) is 5.41 Å². The Balaban J connectivity index is 2.34. The van der Waals surface area contributed by atoms with Gasteiger partial charge >= 0.3 is 0 Å². The van der Waals surface area contributed by atoms with E-state index in [0.717, 1.165) is 12.5 Å². The van der Waals surface area contributed by atoms with Crippen LogP contribution in [-0.2, 0) is 0 Å². The summed E-state index contributed by atoms with van der Waals surface area (Å²) in [5.74, 6) is 1.58. The molecule has 1 saturated carbocycles. The maximum Gasteiger partial charge on any atom is 0.220 e. The third-order valence-electron chi connectivity index (χ3n) is 2.38. The van der Waals surface area contributed by atoms with Crippen LogP contribution in [0.25, 0.3) is 0 Å². The summed E-state index contributed by atoms with van der Waals surface area (Å²) >= 11 is 0. The zero-order valence-corrected chi connectivity index (χ0v) is 8.12. The minimum absolute atomic E-state index is 0.0549. The lowest BCUT2D eigenvalue weighted by Gasteiger charge is -2.16. The van der Waals surface area contributed by atoms with E-state index in [4.69, 9.17) is 16.9 Å². The fourth-order valence-corrected chi connectivity index (χ4v) is 1.30. The number of aliphatic imine (C=N–C) groups is 1. The molecule has 0 bridgehead atoms. The quantitative estimate of drug-likeness (QED) is 0.408. The van der Waals surface area contributed by atoms with E-state index in [2.05, 4.69) is 11.9 Å². The van der Waals surface area contributed by atoms with E-state index in [1.54, 1.807) is 4.90 Å². The molecule has 1 aliphatic carbocycles. The lowest BCUT2D eigenvalue weighted by atomic mass is 10.3. The van der Waals surface area contributed by atoms with Crippen LogP contribution in [0, 0.1) is 17.2 Å². The molecule has 74 valence electrons. The van der Waals surface area contributed by atoms with Crippen molar-refractivity contribution in [2.24, 2.45) is 28.3 Å². The van der Waals surface area contributed by atoms with Gasteiger partial charge in [0.25, 0.3) is 0 Å². The lowest BCUT2D eigenvalue weighted by Crippen LogP contribution is -2.31. The Morgan fingerprint density at radius 3 is 2.54 bits per heavy atom. The van der Waals surface area contributed by atoms with Gasteiger partial charge in [-0.15, -0.1) is 0 Å². The predicted molar refractivity (Wildman–Crippen MR) is 53.4 cm³/mol. The van der Waals surface area contributed by atoms with Gasteiger partial charge in [0.15, 0.2) is 5.96 Å². The van der Waals surface area contributed by atoms with Gasteiger partial charge in [-0.05, 0) is 18.3 Å². The fourth-order valence-electron chi connectivity index (χ4n) is 1.30. The molecule has 0 spiro atoms. The molecule has 2 unspecified atom stereocenters. The van der Waals surface area contributed by atoms with Crippen LogP contribution in [0.2, 0.25) is 0 Å². The highest BCUT2D eigenvalue weighted by Gasteiger charge is 2.33. The lowest BCUT2D eigenvalue weighted by molar-refractivity contribution is 0.455. The molecule has 0 aromatic heterocycles. The second-order valence-corrected chi connectivity index (χ2v) is 3.71. The first-order valence-corrected chi connectivity index (χ1v) is 4.40. The maximum absolute atomic E-state index is 7.49. The first-order valence-electron chi connectivity index (χ1n) is 4.40. The van der Waals surface area contributed by atoms with Gasteiger partial charge in [0.1, 0.15) is 0 Å². The van der Waals surface area contributed by atoms with Gasteiger partial charge < -0.3 is 16.4 Å². The molecule has 0 radical (unpaired) electrons. The van der Waals surface area contributed by atoms with Gasteiger partial charge in [-0.3, -0.25) is 5.41 Å². The molecule has 0 heterocycles. The summed E-state index contributed by atoms with van der Waals surface area (Å²) < 4.78 is 0. The molecular formula is C8H17N5. The van der Waals surface area contributed by atoms with Crippen LogP contribution in [-0.4, -0.2) is 30.4 Å². The number of nitrogens with two attached hydrogens (primary N) is 2. The summed E-state index contributed by atoms with van der Waals surface area (Å²) in [5, 5.41) is 7.49. The summed E-state index contributed by atoms with van der Waals surface area (Å²) in [7, 11) is 1.83. The monoisotopic (exact) mass is 183 g/mol. The van der Waals surface area contributed by atoms with Crippen molar-refractivity contribution < 1.29 is 0 Å². The van der Waals surface area contributed by atoms with Crippen LogP contribution in [0.3, 0.4) is 0 Å². The minimum Gasteiger partial charge on any atom is -0.370 e. The van der Waals surface area contributed by atoms with Crippen LogP contribution >= 0.6 is 0 Å². The average molecular weight is 183 g/mol. The van der Waals surface area contributed by atoms with Crippen molar-refractivity contribution in [2.45, 2.75) is 13.3 Å². The Hall–Kier alpha value is -1.26. The molecule has 13 heavy (non-hydrogen) atoms. The van der Waals surface area contributed by atoms with E-state index in [0.29, 0.717) is 5.92 Å². The molecule has 1 rings (SSSR count). The van der Waals surface area contributed by atoms with Gasteiger partial charge in [0, 0.05) is 13.6 Å². The topological polar surface area (TPSA) is 91.5 Å². The Kier molecular flexibility index (Phi) is 2.75. The van der Waals surface area contributed by atoms with Crippen LogP contribution < -0.4 is 11.5 Å². The summed E-state index contributed by atoms with van der Waals surface area (Å²) in [6.45, 7) is 3.08. The number of guanidine groups is 2. The minimum atomic E-state index is -0.0549. The first-order chi connectivity index (χ1) is 6.00. The van der Waals surface area contributed by atoms with E-state index in [-0.39, 0.29) is 11.9 Å². The molecule has 2 atom stereocenters. The third-order valence-corrected chi connectivity index (χ3v) is 2.38. The van der Waals surface area contributed by atoms with Crippen molar-refractivity contribution in [1.82, 2.24) is 4.90 Å². The molecule has 5 nitrogen and oxygen atoms in total. The van der Waals surface area contributed by atoms with Gasteiger partial charge in [0.05, 0.1) is 0 Å². The van der Waals surface area contributed by atoms with E-state index < -0.39 is 0 Å². The number of nitrogens with zero attached hydrogens (tertiary/aromatic N) is 2. The number of hydrogen-bond acceptors (Lipinski definition) is 1. The van der Waals surface area contributed by atoms with E-state index in [1.165, 1.54) is 6.42 Å². The fraction of sp³-hybridized carbons (Fsp3) is 0.750. The zero-order valence-electron chi connectivity index (χ0n) is 8.12. The van der Waals surface area contributed by atoms with Crippen molar-refractivity contribution in [3.63, 3.8) is 0 Å². The van der Waals surface area contributed by atoms with Crippen LogP contribution in [0.4, 0.5) is 0 Å². The average Bonchev–Trinajstić information content (AvgIpc) is 2.64. The Morgan fingerprint density at radius 1 is 1.62 bits per heavy atom. The highest BCUT2D eigenvalue weighted by molar-refractivity contribution is 5.91. The molecule has 0 aliphatic heterocycles. The summed E-state index contributed by atoms with van der Waals surface area (Å²) in [6.07, 6.45) is 1.25. The zero-order chi connectivity index (χ0) is 10.0. The normalized spacial score (nSPS) is 25.1. The molecule has 1 aliphatic rings. The molecule has 1 fully saturated rings. The Bertz CT molecular complexity index is 231. The van der Waals surface area contributed by atoms with Crippen molar-refractivity contribution in [3.05, 3.63) is 0 Å². The van der Waals surface area contributed by atoms with E-state index in [9.17, 15) is 0 Å². The van der Waals surface area contributed by atoms with Crippen LogP contribution in [0.15, 0.2) is 4.99 Å². The molecular weight excluding hydrogens is 166 g/mol. The molecule has 0 saturated heterocycles. The van der Waals surface area contributed by atoms with Gasteiger partial charge in [-0.25, -0.2) is 0 Å². The standard InChI is InChI=1S/C8H17N5/c1-5-3-6(5)4-13(2)8(11)12-7(9)10/h5-6H,3-4H2,1-2H3,(H5,9,10,11,12). The maximum atomic E-state index is 7.49. The summed E-state index contributed by atoms with van der Waals surface area (Å²) in [4.78, 5) is 5.44. The van der Waals surface area contributed by atoms with Crippen molar-refractivity contribution in [3.8, 4) is 0 Å². The van der Waals surface area contributed by atoms with Crippen LogP contribution in [0.5, 0.6) is 0 Å². The van der Waals surface area contributed by atoms with E-state index >= 15 is 0 Å². The van der Waals surface area contributed by atoms with Gasteiger partial charge in [0.2, 0.25) is 5.96 Å². The smallest absolute Gasteiger partial charge is 0.220 e. The first kappa shape index (κ1) is 9.83. The number of hydrogen-bond donors (Lipinski definition) is 3. The molecule has 5 heteroatoms. The number of rotatable bonds is 2. The Morgan fingerprint density at radius 2 is 2.15 bits per heavy atom. The summed E-state index contributed by atoms with van der Waals surface area (Å²) in [5.41, 5.74) is 10.3. The molecule has 0 aromatic carbocycles. The highest BCUT2D eigenvalue weighted by atomic mass is 15.2. The van der Waals surface area contributed by atoms with Gasteiger partial charge in [-0.2, -0.15) is 4.99 Å². The second-order valence-electron chi connectivity index (χ2n) is 3.71. The number of nitrogens with one attached hydrogen (secondary N) is 1. The van der Waals surface area contributed by atoms with Crippen LogP contribution in [0.1, 0.15) is 13.3 Å². The Labute approximate surface area is 78.3 Å². The van der Waals surface area contributed by atoms with Crippen molar-refractivity contribution >= 4 is 11.9 Å². The van der Waals surface area contributed by atoms with Crippen molar-refractivity contribution in [2.75, 3.05) is 13.6 Å². The van der Waals surface area contributed by atoms with Gasteiger partial charge in [-0.1, -0.05) is 6.92 Å². The summed E-state index contributed by atoms with van der Waals surface area (Å²) in [6, 6.07) is 0. The second kappa shape index (κ2) is 3.64. The SMILES string of the molecule is CC1CC1CN(C)C(=N)N=C(N)N.